The summed E-state index contributed by atoms with van der Waals surface area (Å²) in [5.41, 5.74) is 0.476. The number of hydrogen-bond acceptors (Lipinski definition) is 3. The smallest absolute Gasteiger partial charge is 0.239 e. The van der Waals surface area contributed by atoms with E-state index in [9.17, 15) is 0 Å². The van der Waals surface area contributed by atoms with Gasteiger partial charge in [-0.3, -0.25) is 0 Å². The maximum absolute atomic E-state index is 8.78. The first-order valence-corrected chi connectivity index (χ1v) is 5.93. The first-order valence-electron chi connectivity index (χ1n) is 4.79. The number of nitrogens with zero attached hydrogens (tertiary/aromatic N) is 2. The van der Waals surface area contributed by atoms with Crippen LogP contribution < -0.4 is 4.74 Å². The zero-order chi connectivity index (χ0) is 13.1. The number of aromatic nitrogens is 1. The second kappa shape index (κ2) is 5.45. The van der Waals surface area contributed by atoms with Crippen molar-refractivity contribution in [2.75, 3.05) is 0 Å². The largest absolute Gasteiger partial charge is 0.437 e. The second-order valence-corrected chi connectivity index (χ2v) is 4.46. The monoisotopic (exact) mass is 298 g/mol. The maximum atomic E-state index is 8.78. The van der Waals surface area contributed by atoms with Gasteiger partial charge in [0.25, 0.3) is 0 Å². The lowest BCUT2D eigenvalue weighted by Crippen LogP contribution is -1.90. The molecule has 0 aliphatic rings. The van der Waals surface area contributed by atoms with Crippen LogP contribution in [0.4, 0.5) is 0 Å². The Morgan fingerprint density at radius 2 is 1.89 bits per heavy atom. The SMILES string of the molecule is N#Cc1cccc(Oc2nc(Cl)c(Cl)cc2Cl)c1. The van der Waals surface area contributed by atoms with Crippen LogP contribution in [0.1, 0.15) is 5.56 Å². The predicted octanol–water partition coefficient (Wildman–Crippen LogP) is 4.71. The zero-order valence-electron chi connectivity index (χ0n) is 8.82. The van der Waals surface area contributed by atoms with Gasteiger partial charge in [-0.15, -0.1) is 0 Å². The van der Waals surface area contributed by atoms with Crippen molar-refractivity contribution in [3.8, 4) is 17.7 Å². The summed E-state index contributed by atoms with van der Waals surface area (Å²) in [7, 11) is 0. The minimum Gasteiger partial charge on any atom is -0.437 e. The Kier molecular flexibility index (Phi) is 3.93. The Morgan fingerprint density at radius 1 is 1.11 bits per heavy atom. The van der Waals surface area contributed by atoms with Gasteiger partial charge in [0, 0.05) is 0 Å². The van der Waals surface area contributed by atoms with E-state index < -0.39 is 0 Å². The first kappa shape index (κ1) is 13.0. The van der Waals surface area contributed by atoms with Gasteiger partial charge < -0.3 is 4.74 Å². The summed E-state index contributed by atoms with van der Waals surface area (Å²) in [6, 6.07) is 10.1. The van der Waals surface area contributed by atoms with Gasteiger partial charge in [0.1, 0.15) is 10.8 Å². The fourth-order valence-corrected chi connectivity index (χ4v) is 1.77. The number of ether oxygens (including phenoxy) is 1. The summed E-state index contributed by atoms with van der Waals surface area (Å²) in [6.07, 6.45) is 0. The quantitative estimate of drug-likeness (QED) is 0.755. The molecule has 1 aromatic heterocycles. The van der Waals surface area contributed by atoms with Crippen LogP contribution in [0.15, 0.2) is 30.3 Å². The van der Waals surface area contributed by atoms with Crippen LogP contribution in [-0.4, -0.2) is 4.98 Å². The molecule has 0 aliphatic heterocycles. The number of hydrogen-bond donors (Lipinski definition) is 0. The van der Waals surface area contributed by atoms with Crippen molar-refractivity contribution in [1.82, 2.24) is 4.98 Å². The molecule has 0 fully saturated rings. The van der Waals surface area contributed by atoms with Crippen LogP contribution in [0.5, 0.6) is 11.6 Å². The molecule has 0 saturated carbocycles. The summed E-state index contributed by atoms with van der Waals surface area (Å²) >= 11 is 17.5. The van der Waals surface area contributed by atoms with Gasteiger partial charge in [-0.05, 0) is 24.3 Å². The molecule has 6 heteroatoms. The molecule has 0 unspecified atom stereocenters. The van der Waals surface area contributed by atoms with Crippen LogP contribution in [0, 0.1) is 11.3 Å². The van der Waals surface area contributed by atoms with Gasteiger partial charge in [-0.25, -0.2) is 0 Å². The molecule has 90 valence electrons. The molecule has 0 saturated heterocycles. The summed E-state index contributed by atoms with van der Waals surface area (Å²) in [4.78, 5) is 3.92. The van der Waals surface area contributed by atoms with Crippen molar-refractivity contribution >= 4 is 34.8 Å². The minimum absolute atomic E-state index is 0.104. The highest BCUT2D eigenvalue weighted by Gasteiger charge is 2.10. The molecule has 0 atom stereocenters. The molecular formula is C12H5Cl3N2O. The van der Waals surface area contributed by atoms with Crippen molar-refractivity contribution in [2.24, 2.45) is 0 Å². The molecule has 0 amide bonds. The van der Waals surface area contributed by atoms with Crippen molar-refractivity contribution in [3.05, 3.63) is 51.1 Å². The van der Waals surface area contributed by atoms with Crippen molar-refractivity contribution < 1.29 is 4.74 Å². The van der Waals surface area contributed by atoms with E-state index in [0.29, 0.717) is 11.3 Å². The van der Waals surface area contributed by atoms with E-state index in [-0.39, 0.29) is 21.1 Å². The van der Waals surface area contributed by atoms with E-state index in [1.165, 1.54) is 6.07 Å². The third-order valence-corrected chi connectivity index (χ3v) is 2.98. The Bertz CT molecular complexity index is 638. The highest BCUT2D eigenvalue weighted by atomic mass is 35.5. The Morgan fingerprint density at radius 3 is 2.61 bits per heavy atom. The highest BCUT2D eigenvalue weighted by molar-refractivity contribution is 6.42. The summed E-state index contributed by atoms with van der Waals surface area (Å²) < 4.78 is 5.45. The number of nitriles is 1. The highest BCUT2D eigenvalue weighted by Crippen LogP contribution is 2.33. The van der Waals surface area contributed by atoms with Gasteiger partial charge >= 0.3 is 0 Å². The van der Waals surface area contributed by atoms with E-state index in [4.69, 9.17) is 44.8 Å². The zero-order valence-corrected chi connectivity index (χ0v) is 11.1. The lowest BCUT2D eigenvalue weighted by Gasteiger charge is -2.07. The molecular weight excluding hydrogens is 295 g/mol. The van der Waals surface area contributed by atoms with Gasteiger partial charge in [0.05, 0.1) is 16.7 Å². The van der Waals surface area contributed by atoms with Crippen molar-refractivity contribution in [3.63, 3.8) is 0 Å². The standard InChI is InChI=1S/C12H5Cl3N2O/c13-9-5-10(14)12(17-11(9)15)18-8-3-1-2-7(4-8)6-16/h1-5H. The van der Waals surface area contributed by atoms with E-state index in [1.54, 1.807) is 24.3 Å². The average molecular weight is 300 g/mol. The summed E-state index contributed by atoms with van der Waals surface area (Å²) in [5, 5.41) is 9.37. The lowest BCUT2D eigenvalue weighted by atomic mass is 10.2. The van der Waals surface area contributed by atoms with E-state index in [1.807, 2.05) is 6.07 Å². The molecule has 1 heterocycles. The van der Waals surface area contributed by atoms with Crippen LogP contribution in [0.25, 0.3) is 0 Å². The fourth-order valence-electron chi connectivity index (χ4n) is 1.24. The molecule has 0 N–H and O–H groups in total. The number of pyridine rings is 1. The van der Waals surface area contributed by atoms with Crippen LogP contribution in [0.3, 0.4) is 0 Å². The molecule has 18 heavy (non-hydrogen) atoms. The number of rotatable bonds is 2. The second-order valence-electron chi connectivity index (χ2n) is 3.29. The van der Waals surface area contributed by atoms with E-state index in [0.717, 1.165) is 0 Å². The number of halogens is 3. The first-order chi connectivity index (χ1) is 8.60. The Hall–Kier alpha value is -1.47. The van der Waals surface area contributed by atoms with Crippen molar-refractivity contribution in [2.45, 2.75) is 0 Å². The van der Waals surface area contributed by atoms with Gasteiger partial charge in [-0.2, -0.15) is 10.2 Å². The van der Waals surface area contributed by atoms with Crippen LogP contribution in [-0.2, 0) is 0 Å². The normalized spacial score (nSPS) is 9.89. The van der Waals surface area contributed by atoms with Gasteiger partial charge in [-0.1, -0.05) is 40.9 Å². The topological polar surface area (TPSA) is 45.9 Å². The Labute approximate surface area is 118 Å². The van der Waals surface area contributed by atoms with Crippen LogP contribution in [0.2, 0.25) is 15.2 Å². The summed E-state index contributed by atoms with van der Waals surface area (Å²) in [5.74, 6) is 0.586. The van der Waals surface area contributed by atoms with E-state index in [2.05, 4.69) is 4.98 Å². The number of benzene rings is 1. The Balaban J connectivity index is 2.34. The van der Waals surface area contributed by atoms with Crippen LogP contribution >= 0.6 is 34.8 Å². The molecule has 3 nitrogen and oxygen atoms in total. The van der Waals surface area contributed by atoms with Crippen molar-refractivity contribution in [1.29, 1.82) is 5.26 Å². The molecule has 1 aromatic carbocycles. The summed E-state index contributed by atoms with van der Waals surface area (Å²) in [6.45, 7) is 0. The maximum Gasteiger partial charge on any atom is 0.239 e. The molecule has 0 radical (unpaired) electrons. The van der Waals surface area contributed by atoms with E-state index >= 15 is 0 Å². The molecule has 0 bridgehead atoms. The molecule has 0 aliphatic carbocycles. The minimum atomic E-state index is 0.104. The fraction of sp³-hybridized carbons (Fsp3) is 0. The molecule has 2 aromatic rings. The average Bonchev–Trinajstić information content (AvgIpc) is 2.36. The molecule has 2 rings (SSSR count). The third kappa shape index (κ3) is 2.85. The van der Waals surface area contributed by atoms with Gasteiger partial charge in [0.2, 0.25) is 5.88 Å². The lowest BCUT2D eigenvalue weighted by molar-refractivity contribution is 0.463. The third-order valence-electron chi connectivity index (χ3n) is 2.03. The van der Waals surface area contributed by atoms with Gasteiger partial charge in [0.15, 0.2) is 5.15 Å². The molecule has 0 spiro atoms. The predicted molar refractivity (Wildman–Crippen MR) is 70.5 cm³/mol.